The zero-order chi connectivity index (χ0) is 29.3. The summed E-state index contributed by atoms with van der Waals surface area (Å²) < 4.78 is 23.8. The summed E-state index contributed by atoms with van der Waals surface area (Å²) in [4.78, 5) is 29.2. The summed E-state index contributed by atoms with van der Waals surface area (Å²) in [5.41, 5.74) is -0.0726. The Morgan fingerprint density at radius 3 is 1.95 bits per heavy atom. The van der Waals surface area contributed by atoms with Crippen molar-refractivity contribution in [1.29, 1.82) is 0 Å². The predicted molar refractivity (Wildman–Crippen MR) is 155 cm³/mol. The van der Waals surface area contributed by atoms with Crippen LogP contribution in [0, 0.1) is 11.3 Å². The zero-order valence-corrected chi connectivity index (χ0v) is 26.1. The van der Waals surface area contributed by atoms with Gasteiger partial charge >= 0.3 is 7.60 Å². The van der Waals surface area contributed by atoms with E-state index in [0.29, 0.717) is 0 Å². The summed E-state index contributed by atoms with van der Waals surface area (Å²) in [7, 11) is 0.0365. The smallest absolute Gasteiger partial charge is 0.342 e. The van der Waals surface area contributed by atoms with Crippen molar-refractivity contribution in [3.8, 4) is 0 Å². The van der Waals surface area contributed by atoms with E-state index in [1.54, 1.807) is 38.9 Å². The maximum absolute atomic E-state index is 13.9. The molecule has 0 aliphatic heterocycles. The van der Waals surface area contributed by atoms with E-state index in [2.05, 4.69) is 10.6 Å². The number of likely N-dealkylation sites (N-methyl/N-ethyl adjacent to an activating group) is 2. The van der Waals surface area contributed by atoms with Crippen molar-refractivity contribution >= 4 is 19.4 Å². The molecule has 1 aromatic rings. The predicted octanol–water partition coefficient (Wildman–Crippen LogP) is 5.35. The third kappa shape index (κ3) is 9.04. The van der Waals surface area contributed by atoms with Crippen molar-refractivity contribution in [3.05, 3.63) is 47.8 Å². The average Bonchev–Trinajstić information content (AvgIpc) is 2.82. The monoisotopic (exact) mass is 551 g/mol. The average molecular weight is 552 g/mol. The Morgan fingerprint density at radius 2 is 1.53 bits per heavy atom. The standard InChI is InChI=1S/C29H50N3O5P/c1-12-36-38(35,37-13-2)20-19-23(21(3)4)32(11)27(34)25(28(5,6)7)31-26(33)24(30-10)29(8,9)22-17-15-14-16-18-22/h14-21,23-25,30H,12-13H2,1-11H3,(H,31,33)/b20-19+/t23-,24-,25-/m1/s1. The molecule has 2 amide bonds. The van der Waals surface area contributed by atoms with Crippen LogP contribution in [-0.4, -0.2) is 62.1 Å². The van der Waals surface area contributed by atoms with Crippen LogP contribution < -0.4 is 10.6 Å². The minimum atomic E-state index is -3.42. The molecule has 8 nitrogen and oxygen atoms in total. The Bertz CT molecular complexity index is 962. The zero-order valence-electron chi connectivity index (χ0n) is 25.2. The van der Waals surface area contributed by atoms with Crippen LogP contribution in [-0.2, 0) is 28.6 Å². The van der Waals surface area contributed by atoms with Crippen LogP contribution in [0.2, 0.25) is 0 Å². The van der Waals surface area contributed by atoms with Gasteiger partial charge in [0, 0.05) is 18.3 Å². The minimum absolute atomic E-state index is 0.00953. The van der Waals surface area contributed by atoms with Gasteiger partial charge in [0.05, 0.1) is 25.3 Å². The molecule has 0 bridgehead atoms. The number of hydrogen-bond acceptors (Lipinski definition) is 6. The van der Waals surface area contributed by atoms with Crippen molar-refractivity contribution in [2.24, 2.45) is 11.3 Å². The Hall–Kier alpha value is -1.99. The number of nitrogens with zero attached hydrogens (tertiary/aromatic N) is 1. The summed E-state index contributed by atoms with van der Waals surface area (Å²) in [6.45, 7) is 17.8. The molecular formula is C29H50N3O5P. The first kappa shape index (κ1) is 34.0. The van der Waals surface area contributed by atoms with E-state index >= 15 is 0 Å². The van der Waals surface area contributed by atoms with E-state index in [0.717, 1.165) is 5.56 Å². The second kappa shape index (κ2) is 14.4. The highest BCUT2D eigenvalue weighted by Gasteiger charge is 2.41. The summed E-state index contributed by atoms with van der Waals surface area (Å²) in [5, 5.41) is 6.21. The number of rotatable bonds is 14. The Kier molecular flexibility index (Phi) is 12.9. The van der Waals surface area contributed by atoms with Crippen molar-refractivity contribution < 1.29 is 23.2 Å². The molecule has 9 heteroatoms. The van der Waals surface area contributed by atoms with Crippen molar-refractivity contribution in [2.45, 2.75) is 85.9 Å². The van der Waals surface area contributed by atoms with Gasteiger partial charge in [0.2, 0.25) is 11.8 Å². The number of nitrogens with one attached hydrogen (secondary N) is 2. The Labute approximate surface area is 230 Å². The largest absolute Gasteiger partial charge is 0.353 e. The molecule has 0 saturated carbocycles. The van der Waals surface area contributed by atoms with Gasteiger partial charge in [0.15, 0.2) is 0 Å². The van der Waals surface area contributed by atoms with E-state index in [9.17, 15) is 14.2 Å². The second-order valence-corrected chi connectivity index (χ2v) is 13.4. The fourth-order valence-corrected chi connectivity index (χ4v) is 5.91. The van der Waals surface area contributed by atoms with Gasteiger partial charge in [-0.25, -0.2) is 0 Å². The van der Waals surface area contributed by atoms with Gasteiger partial charge in [0.25, 0.3) is 0 Å². The van der Waals surface area contributed by atoms with Gasteiger partial charge in [-0.1, -0.05) is 84.9 Å². The molecule has 0 aliphatic rings. The molecule has 0 aromatic heterocycles. The van der Waals surface area contributed by atoms with Crippen LogP contribution in [0.4, 0.5) is 0 Å². The SMILES string of the molecule is CCOP(=O)(/C=C/[C@H](C(C)C)N(C)C(=O)[C@@H](NC(=O)[C@@H](NC)C(C)(C)c1ccccc1)C(C)(C)C)OCC. The lowest BCUT2D eigenvalue weighted by atomic mass is 9.76. The van der Waals surface area contributed by atoms with Gasteiger partial charge in [-0.15, -0.1) is 0 Å². The van der Waals surface area contributed by atoms with E-state index in [-0.39, 0.29) is 37.0 Å². The third-order valence-corrected chi connectivity index (χ3v) is 8.53. The molecule has 0 fully saturated rings. The van der Waals surface area contributed by atoms with Crippen molar-refractivity contribution in [1.82, 2.24) is 15.5 Å². The summed E-state index contributed by atoms with van der Waals surface area (Å²) in [6, 6.07) is 8.10. The quantitative estimate of drug-likeness (QED) is 0.303. The van der Waals surface area contributed by atoms with Crippen LogP contribution in [0.5, 0.6) is 0 Å². The molecule has 0 saturated heterocycles. The molecule has 2 N–H and O–H groups in total. The lowest BCUT2D eigenvalue weighted by Gasteiger charge is -2.39. The Balaban J connectivity index is 3.29. The third-order valence-electron chi connectivity index (χ3n) is 6.75. The number of hydrogen-bond donors (Lipinski definition) is 2. The van der Waals surface area contributed by atoms with Gasteiger partial charge in [-0.3, -0.25) is 14.2 Å². The van der Waals surface area contributed by atoms with Gasteiger partial charge in [-0.2, -0.15) is 0 Å². The number of carbonyl (C=O) groups excluding carboxylic acids is 2. The number of amides is 2. The van der Waals surface area contributed by atoms with Gasteiger partial charge in [-0.05, 0) is 37.8 Å². The fourth-order valence-electron chi connectivity index (χ4n) is 4.55. The van der Waals surface area contributed by atoms with Crippen LogP contribution in [0.15, 0.2) is 42.2 Å². The number of carbonyl (C=O) groups is 2. The first-order valence-electron chi connectivity index (χ1n) is 13.4. The van der Waals surface area contributed by atoms with Crippen molar-refractivity contribution in [3.63, 3.8) is 0 Å². The molecule has 0 heterocycles. The molecule has 0 radical (unpaired) electrons. The second-order valence-electron chi connectivity index (χ2n) is 11.5. The highest BCUT2D eigenvalue weighted by Crippen LogP contribution is 2.49. The molecule has 1 aromatic carbocycles. The highest BCUT2D eigenvalue weighted by molar-refractivity contribution is 7.57. The molecule has 216 valence electrons. The molecule has 0 aliphatic carbocycles. The first-order valence-corrected chi connectivity index (χ1v) is 15.0. The van der Waals surface area contributed by atoms with Gasteiger partial charge < -0.3 is 24.6 Å². The molecule has 0 spiro atoms. The lowest BCUT2D eigenvalue weighted by Crippen LogP contribution is -2.61. The Morgan fingerprint density at radius 1 is 1.00 bits per heavy atom. The maximum Gasteiger partial charge on any atom is 0.353 e. The highest BCUT2D eigenvalue weighted by atomic mass is 31.2. The van der Waals surface area contributed by atoms with E-state index < -0.39 is 30.5 Å². The molecule has 1 rings (SSSR count). The van der Waals surface area contributed by atoms with Crippen molar-refractivity contribution in [2.75, 3.05) is 27.3 Å². The van der Waals surface area contributed by atoms with Crippen LogP contribution >= 0.6 is 7.60 Å². The normalized spacial score (nSPS) is 15.4. The topological polar surface area (TPSA) is 97.0 Å². The fraction of sp³-hybridized carbons (Fsp3) is 0.655. The van der Waals surface area contributed by atoms with E-state index in [1.807, 2.05) is 78.8 Å². The van der Waals surface area contributed by atoms with Crippen LogP contribution in [0.1, 0.15) is 67.9 Å². The van der Waals surface area contributed by atoms with E-state index in [1.165, 1.54) is 5.82 Å². The molecule has 3 atom stereocenters. The van der Waals surface area contributed by atoms with Gasteiger partial charge in [0.1, 0.15) is 6.04 Å². The summed E-state index contributed by atoms with van der Waals surface area (Å²) >= 11 is 0. The molecule has 0 unspecified atom stereocenters. The lowest BCUT2D eigenvalue weighted by molar-refractivity contribution is -0.140. The first-order chi connectivity index (χ1) is 17.6. The van der Waals surface area contributed by atoms with Crippen LogP contribution in [0.3, 0.4) is 0 Å². The summed E-state index contributed by atoms with van der Waals surface area (Å²) in [6.07, 6.45) is 1.71. The maximum atomic E-state index is 13.9. The number of benzene rings is 1. The van der Waals surface area contributed by atoms with Crippen LogP contribution in [0.25, 0.3) is 0 Å². The summed E-state index contributed by atoms with van der Waals surface area (Å²) in [5.74, 6) is 0.967. The van der Waals surface area contributed by atoms with E-state index in [4.69, 9.17) is 9.05 Å². The minimum Gasteiger partial charge on any atom is -0.342 e. The molecular weight excluding hydrogens is 501 g/mol. The molecule has 38 heavy (non-hydrogen) atoms.